The van der Waals surface area contributed by atoms with E-state index < -0.39 is 20.8 Å². The van der Waals surface area contributed by atoms with Crippen molar-refractivity contribution in [3.05, 3.63) is 59.7 Å². The molecule has 152 valence electrons. The van der Waals surface area contributed by atoms with Gasteiger partial charge < -0.3 is 8.37 Å². The van der Waals surface area contributed by atoms with Gasteiger partial charge in [-0.15, -0.1) is 0 Å². The number of hydrogen-bond acceptors (Lipinski definition) is 6. The van der Waals surface area contributed by atoms with Crippen molar-refractivity contribution in [1.82, 2.24) is 0 Å². The molecule has 28 heavy (non-hydrogen) atoms. The molecule has 0 saturated carbocycles. The van der Waals surface area contributed by atoms with Crippen LogP contribution in [-0.2, 0) is 20.8 Å². The maximum Gasteiger partial charge on any atom is 0.446 e. The van der Waals surface area contributed by atoms with Crippen LogP contribution in [0.4, 0.5) is 0 Å². The smallest absolute Gasteiger partial charge is 0.362 e. The molecule has 0 unspecified atom stereocenters. The van der Waals surface area contributed by atoms with Crippen molar-refractivity contribution >= 4 is 31.9 Å². The highest BCUT2D eigenvalue weighted by Gasteiger charge is 2.12. The molecule has 0 saturated heterocycles. The standard InChI is InChI=1S/C18H20O8S2/c1-3-17(13-5-9-15(10-6-13)25-27(19,20)21)18(4-2)14-7-11-16(12-8-14)26-28(22,23)24/h5-12H,3-4H2,1-2H3,(H,19,20,21)(H,22,23,24)/b18-17-. The Labute approximate surface area is 164 Å². The van der Waals surface area contributed by atoms with Gasteiger partial charge in [-0.25, -0.2) is 0 Å². The molecule has 0 aliphatic heterocycles. The quantitative estimate of drug-likeness (QED) is 0.480. The summed E-state index contributed by atoms with van der Waals surface area (Å²) in [6, 6.07) is 12.5. The minimum Gasteiger partial charge on any atom is -0.362 e. The molecule has 0 bridgehead atoms. The van der Waals surface area contributed by atoms with Gasteiger partial charge in [0.1, 0.15) is 11.5 Å². The molecule has 0 amide bonds. The van der Waals surface area contributed by atoms with Gasteiger partial charge in [-0.2, -0.15) is 16.8 Å². The van der Waals surface area contributed by atoms with Crippen LogP contribution < -0.4 is 8.37 Å². The van der Waals surface area contributed by atoms with Crippen LogP contribution in [0, 0.1) is 0 Å². The molecule has 2 aromatic carbocycles. The highest BCUT2D eigenvalue weighted by Crippen LogP contribution is 2.33. The lowest BCUT2D eigenvalue weighted by molar-refractivity contribution is 0.384. The van der Waals surface area contributed by atoms with E-state index in [2.05, 4.69) is 8.37 Å². The van der Waals surface area contributed by atoms with Crippen molar-refractivity contribution in [2.45, 2.75) is 26.7 Å². The predicted molar refractivity (Wildman–Crippen MR) is 105 cm³/mol. The average molecular weight is 428 g/mol. The maximum absolute atomic E-state index is 10.8. The first kappa shape index (κ1) is 21.9. The first-order chi connectivity index (χ1) is 13.0. The van der Waals surface area contributed by atoms with Crippen LogP contribution in [0.2, 0.25) is 0 Å². The fourth-order valence-electron chi connectivity index (χ4n) is 2.85. The third kappa shape index (κ3) is 6.34. The van der Waals surface area contributed by atoms with E-state index in [-0.39, 0.29) is 11.5 Å². The molecule has 2 aromatic rings. The molecule has 8 nitrogen and oxygen atoms in total. The topological polar surface area (TPSA) is 127 Å². The largest absolute Gasteiger partial charge is 0.446 e. The molecule has 0 aromatic heterocycles. The minimum atomic E-state index is -4.58. The SMILES string of the molecule is CC/C(=C(\CC)c1ccc(OS(=O)(=O)O)cc1)c1ccc(OS(=O)(=O)O)cc1. The zero-order valence-corrected chi connectivity index (χ0v) is 16.8. The van der Waals surface area contributed by atoms with Gasteiger partial charge in [-0.05, 0) is 59.4 Å². The molecule has 0 radical (unpaired) electrons. The third-order valence-electron chi connectivity index (χ3n) is 3.88. The summed E-state index contributed by atoms with van der Waals surface area (Å²) in [6.07, 6.45) is 1.37. The fourth-order valence-corrected chi connectivity index (χ4v) is 3.56. The summed E-state index contributed by atoms with van der Waals surface area (Å²) in [5, 5.41) is 0. The first-order valence-electron chi connectivity index (χ1n) is 8.29. The van der Waals surface area contributed by atoms with Crippen molar-refractivity contribution < 1.29 is 34.3 Å². The molecule has 0 heterocycles. The van der Waals surface area contributed by atoms with Crippen LogP contribution in [0.1, 0.15) is 37.8 Å². The van der Waals surface area contributed by atoms with Gasteiger partial charge in [0.2, 0.25) is 0 Å². The predicted octanol–water partition coefficient (Wildman–Crippen LogP) is 3.78. The van der Waals surface area contributed by atoms with Crippen LogP contribution >= 0.6 is 0 Å². The van der Waals surface area contributed by atoms with Crippen molar-refractivity contribution in [2.24, 2.45) is 0 Å². The van der Waals surface area contributed by atoms with E-state index in [0.29, 0.717) is 12.8 Å². The van der Waals surface area contributed by atoms with Crippen LogP contribution in [0.25, 0.3) is 11.1 Å². The molecule has 0 spiro atoms. The molecule has 0 atom stereocenters. The summed E-state index contributed by atoms with van der Waals surface area (Å²) in [7, 11) is -9.16. The normalized spacial score (nSPS) is 13.0. The third-order valence-corrected chi connectivity index (χ3v) is 4.69. The summed E-state index contributed by atoms with van der Waals surface area (Å²) < 4.78 is 69.5. The van der Waals surface area contributed by atoms with Crippen molar-refractivity contribution in [3.63, 3.8) is 0 Å². The van der Waals surface area contributed by atoms with E-state index in [9.17, 15) is 16.8 Å². The van der Waals surface area contributed by atoms with Gasteiger partial charge in [0, 0.05) is 0 Å². The number of rotatable bonds is 8. The summed E-state index contributed by atoms with van der Waals surface area (Å²) in [6.45, 7) is 3.95. The second-order valence-electron chi connectivity index (χ2n) is 5.74. The fraction of sp³-hybridized carbons (Fsp3) is 0.222. The maximum atomic E-state index is 10.8. The van der Waals surface area contributed by atoms with E-state index in [1.165, 1.54) is 24.3 Å². The Hall–Kier alpha value is -2.40. The zero-order chi connectivity index (χ0) is 20.9. The van der Waals surface area contributed by atoms with Crippen LogP contribution in [0.15, 0.2) is 48.5 Å². The van der Waals surface area contributed by atoms with E-state index in [1.54, 1.807) is 24.3 Å². The molecule has 0 aliphatic rings. The Balaban J connectivity index is 2.39. The van der Waals surface area contributed by atoms with E-state index in [4.69, 9.17) is 9.11 Å². The lowest BCUT2D eigenvalue weighted by atomic mass is 9.91. The lowest BCUT2D eigenvalue weighted by Gasteiger charge is -2.15. The average Bonchev–Trinajstić information content (AvgIpc) is 2.59. The zero-order valence-electron chi connectivity index (χ0n) is 15.2. The number of benzene rings is 2. The summed E-state index contributed by atoms with van der Waals surface area (Å²) in [4.78, 5) is 0. The molecule has 2 rings (SSSR count). The van der Waals surface area contributed by atoms with Gasteiger partial charge in [0.05, 0.1) is 0 Å². The number of allylic oxidation sites excluding steroid dienone is 2. The van der Waals surface area contributed by atoms with Crippen molar-refractivity contribution in [2.75, 3.05) is 0 Å². The molecule has 10 heteroatoms. The molecular formula is C18H20O8S2. The van der Waals surface area contributed by atoms with Gasteiger partial charge in [-0.3, -0.25) is 9.11 Å². The Morgan fingerprint density at radius 2 is 0.964 bits per heavy atom. The lowest BCUT2D eigenvalue weighted by Crippen LogP contribution is -2.06. The molecular weight excluding hydrogens is 408 g/mol. The Morgan fingerprint density at radius 1 is 0.679 bits per heavy atom. The summed E-state index contributed by atoms with van der Waals surface area (Å²) >= 11 is 0. The Kier molecular flexibility index (Phi) is 6.83. The second-order valence-corrected chi connectivity index (χ2v) is 7.78. The van der Waals surface area contributed by atoms with Crippen LogP contribution in [0.5, 0.6) is 11.5 Å². The molecule has 0 fully saturated rings. The summed E-state index contributed by atoms with van der Waals surface area (Å²) in [5.41, 5.74) is 3.70. The van der Waals surface area contributed by atoms with Gasteiger partial charge in [-0.1, -0.05) is 38.1 Å². The Morgan fingerprint density at radius 3 is 1.18 bits per heavy atom. The van der Waals surface area contributed by atoms with Gasteiger partial charge in [0.15, 0.2) is 0 Å². The summed E-state index contributed by atoms with van der Waals surface area (Å²) in [5.74, 6) is -0.0158. The second kappa shape index (κ2) is 8.74. The van der Waals surface area contributed by atoms with E-state index in [0.717, 1.165) is 22.3 Å². The van der Waals surface area contributed by atoms with E-state index in [1.807, 2.05) is 13.8 Å². The number of hydrogen-bond donors (Lipinski definition) is 2. The van der Waals surface area contributed by atoms with E-state index >= 15 is 0 Å². The van der Waals surface area contributed by atoms with Gasteiger partial charge in [0.25, 0.3) is 0 Å². The monoisotopic (exact) mass is 428 g/mol. The van der Waals surface area contributed by atoms with Gasteiger partial charge >= 0.3 is 20.8 Å². The molecule has 0 aliphatic carbocycles. The van der Waals surface area contributed by atoms with Crippen molar-refractivity contribution in [3.8, 4) is 11.5 Å². The first-order valence-corrected chi connectivity index (χ1v) is 11.0. The Bertz CT molecular complexity index is 964. The van der Waals surface area contributed by atoms with Crippen LogP contribution in [-0.4, -0.2) is 25.9 Å². The highest BCUT2D eigenvalue weighted by molar-refractivity contribution is 7.81. The highest BCUT2D eigenvalue weighted by atomic mass is 32.3. The van der Waals surface area contributed by atoms with Crippen LogP contribution in [0.3, 0.4) is 0 Å². The van der Waals surface area contributed by atoms with Crippen molar-refractivity contribution in [1.29, 1.82) is 0 Å². The molecule has 2 N–H and O–H groups in total. The minimum absolute atomic E-state index is 0.00790.